The molecule has 3 aromatic rings. The molecule has 0 unspecified atom stereocenters. The number of benzene rings is 3. The summed E-state index contributed by atoms with van der Waals surface area (Å²) in [5, 5.41) is 4.06. The molecule has 0 fully saturated rings. The molecular formula is C20H18ClP. The minimum atomic E-state index is -0.584. The van der Waals surface area contributed by atoms with E-state index in [1.54, 1.807) is 0 Å². The Balaban J connectivity index is 2.19. The molecule has 0 aromatic heterocycles. The molecule has 3 rings (SSSR count). The first-order valence-corrected chi connectivity index (χ1v) is 9.18. The molecule has 0 spiro atoms. The molecule has 2 heteroatoms. The van der Waals surface area contributed by atoms with Gasteiger partial charge in [-0.15, -0.1) is 11.6 Å². The second-order valence-electron chi connectivity index (χ2n) is 5.18. The van der Waals surface area contributed by atoms with E-state index in [9.17, 15) is 0 Å². The van der Waals surface area contributed by atoms with Crippen LogP contribution in [0.25, 0.3) is 0 Å². The standard InChI is InChI=1S/C20H18ClP/c1-16(21)19-14-8-9-15-20(19)22(17-10-4-2-5-11-17)18-12-6-3-7-13-18/h2-16H,1H3/t16-/m1/s1. The van der Waals surface area contributed by atoms with E-state index in [0.29, 0.717) is 0 Å². The predicted molar refractivity (Wildman–Crippen MR) is 99.4 cm³/mol. The fourth-order valence-corrected chi connectivity index (χ4v) is 5.43. The molecule has 0 aliphatic carbocycles. The van der Waals surface area contributed by atoms with Gasteiger partial charge in [0, 0.05) is 0 Å². The van der Waals surface area contributed by atoms with Gasteiger partial charge in [-0.3, -0.25) is 0 Å². The molecule has 22 heavy (non-hydrogen) atoms. The van der Waals surface area contributed by atoms with Crippen LogP contribution in [0.1, 0.15) is 17.9 Å². The molecule has 1 atom stereocenters. The van der Waals surface area contributed by atoms with Gasteiger partial charge in [0.2, 0.25) is 0 Å². The summed E-state index contributed by atoms with van der Waals surface area (Å²) in [5.41, 5.74) is 1.22. The van der Waals surface area contributed by atoms with E-state index in [1.165, 1.54) is 21.5 Å². The Morgan fingerprint density at radius 1 is 0.682 bits per heavy atom. The Bertz CT molecular complexity index is 683. The lowest BCUT2D eigenvalue weighted by molar-refractivity contribution is 1.10. The van der Waals surface area contributed by atoms with Crippen LogP contribution < -0.4 is 15.9 Å². The van der Waals surface area contributed by atoms with Gasteiger partial charge in [-0.2, -0.15) is 0 Å². The van der Waals surface area contributed by atoms with Crippen molar-refractivity contribution in [2.75, 3.05) is 0 Å². The molecule has 0 bridgehead atoms. The summed E-state index contributed by atoms with van der Waals surface area (Å²) in [4.78, 5) is 0. The Morgan fingerprint density at radius 2 is 1.14 bits per heavy atom. The minimum Gasteiger partial charge on any atom is -0.118 e. The van der Waals surface area contributed by atoms with E-state index in [0.717, 1.165) is 0 Å². The highest BCUT2D eigenvalue weighted by Gasteiger charge is 2.20. The van der Waals surface area contributed by atoms with Gasteiger partial charge in [-0.05, 0) is 36.3 Å². The fourth-order valence-electron chi connectivity index (χ4n) is 2.61. The van der Waals surface area contributed by atoms with Crippen molar-refractivity contribution in [3.05, 3.63) is 90.5 Å². The summed E-state index contributed by atoms with van der Waals surface area (Å²) in [6, 6.07) is 30.0. The normalized spacial score (nSPS) is 12.3. The minimum absolute atomic E-state index is 0.00799. The maximum atomic E-state index is 6.44. The van der Waals surface area contributed by atoms with Crippen LogP contribution in [0.15, 0.2) is 84.9 Å². The average Bonchev–Trinajstić information content (AvgIpc) is 2.57. The largest absolute Gasteiger partial charge is 0.118 e. The molecule has 0 N–H and O–H groups in total. The summed E-state index contributed by atoms with van der Waals surface area (Å²) in [7, 11) is -0.584. The first-order valence-electron chi connectivity index (χ1n) is 7.40. The zero-order valence-electron chi connectivity index (χ0n) is 12.5. The number of alkyl halides is 1. The summed E-state index contributed by atoms with van der Waals surface area (Å²) >= 11 is 6.44. The van der Waals surface area contributed by atoms with E-state index < -0.39 is 7.92 Å². The van der Waals surface area contributed by atoms with Gasteiger partial charge >= 0.3 is 0 Å². The van der Waals surface area contributed by atoms with Gasteiger partial charge in [0.1, 0.15) is 0 Å². The third-order valence-electron chi connectivity index (χ3n) is 3.63. The van der Waals surface area contributed by atoms with E-state index in [2.05, 4.69) is 84.9 Å². The summed E-state index contributed by atoms with van der Waals surface area (Å²) < 4.78 is 0. The van der Waals surface area contributed by atoms with Crippen LogP contribution in [0.4, 0.5) is 0 Å². The Labute approximate surface area is 138 Å². The molecule has 0 radical (unpaired) electrons. The summed E-state index contributed by atoms with van der Waals surface area (Å²) in [5.74, 6) is 0. The highest BCUT2D eigenvalue weighted by molar-refractivity contribution is 7.79. The fraction of sp³-hybridized carbons (Fsp3) is 0.100. The lowest BCUT2D eigenvalue weighted by Gasteiger charge is -2.23. The molecule has 0 amide bonds. The van der Waals surface area contributed by atoms with E-state index in [1.807, 2.05) is 6.92 Å². The van der Waals surface area contributed by atoms with Crippen LogP contribution in [0, 0.1) is 0 Å². The molecule has 3 aromatic carbocycles. The van der Waals surface area contributed by atoms with Crippen LogP contribution in [-0.2, 0) is 0 Å². The van der Waals surface area contributed by atoms with Crippen molar-refractivity contribution in [1.82, 2.24) is 0 Å². The van der Waals surface area contributed by atoms with Crippen molar-refractivity contribution in [3.8, 4) is 0 Å². The van der Waals surface area contributed by atoms with Gasteiger partial charge in [0.25, 0.3) is 0 Å². The highest BCUT2D eigenvalue weighted by atomic mass is 35.5. The number of hydrogen-bond acceptors (Lipinski definition) is 0. The van der Waals surface area contributed by atoms with Crippen molar-refractivity contribution in [2.24, 2.45) is 0 Å². The first kappa shape index (κ1) is 15.3. The predicted octanol–water partition coefficient (Wildman–Crippen LogP) is 4.74. The monoisotopic (exact) mass is 324 g/mol. The second kappa shape index (κ2) is 7.09. The van der Waals surface area contributed by atoms with Crippen LogP contribution in [0.2, 0.25) is 0 Å². The topological polar surface area (TPSA) is 0 Å². The maximum absolute atomic E-state index is 6.44. The Kier molecular flexibility index (Phi) is 4.93. The zero-order valence-corrected chi connectivity index (χ0v) is 14.1. The smallest absolute Gasteiger partial charge is 0.0563 e. The lowest BCUT2D eigenvalue weighted by atomic mass is 10.2. The van der Waals surface area contributed by atoms with Crippen molar-refractivity contribution in [2.45, 2.75) is 12.3 Å². The zero-order chi connectivity index (χ0) is 15.4. The van der Waals surface area contributed by atoms with Gasteiger partial charge in [-0.25, -0.2) is 0 Å². The van der Waals surface area contributed by atoms with Crippen molar-refractivity contribution in [1.29, 1.82) is 0 Å². The molecule has 0 saturated heterocycles. The molecule has 0 aliphatic heterocycles. The van der Waals surface area contributed by atoms with Crippen LogP contribution in [-0.4, -0.2) is 0 Å². The Morgan fingerprint density at radius 3 is 1.64 bits per heavy atom. The van der Waals surface area contributed by atoms with Crippen molar-refractivity contribution in [3.63, 3.8) is 0 Å². The third-order valence-corrected chi connectivity index (χ3v) is 6.39. The van der Waals surface area contributed by atoms with Gasteiger partial charge < -0.3 is 0 Å². The molecule has 0 saturated carbocycles. The highest BCUT2D eigenvalue weighted by Crippen LogP contribution is 2.36. The maximum Gasteiger partial charge on any atom is 0.0563 e. The van der Waals surface area contributed by atoms with E-state index in [-0.39, 0.29) is 5.38 Å². The molecule has 110 valence electrons. The van der Waals surface area contributed by atoms with Crippen molar-refractivity contribution < 1.29 is 0 Å². The molecule has 0 heterocycles. The number of halogens is 1. The van der Waals surface area contributed by atoms with Gasteiger partial charge in [0.05, 0.1) is 5.38 Å². The van der Waals surface area contributed by atoms with Gasteiger partial charge in [0.15, 0.2) is 0 Å². The SMILES string of the molecule is C[C@@H](Cl)c1ccccc1P(c1ccccc1)c1ccccc1. The lowest BCUT2D eigenvalue weighted by Crippen LogP contribution is -2.23. The Hall–Kier alpha value is -1.62. The number of rotatable bonds is 4. The first-order chi connectivity index (χ1) is 10.8. The average molecular weight is 325 g/mol. The number of hydrogen-bond donors (Lipinski definition) is 0. The van der Waals surface area contributed by atoms with Crippen LogP contribution >= 0.6 is 19.5 Å². The summed E-state index contributed by atoms with van der Waals surface area (Å²) in [6.45, 7) is 2.05. The quantitative estimate of drug-likeness (QED) is 0.480. The van der Waals surface area contributed by atoms with E-state index >= 15 is 0 Å². The summed E-state index contributed by atoms with van der Waals surface area (Å²) in [6.07, 6.45) is 0. The molecule has 0 nitrogen and oxygen atoms in total. The molecule has 0 aliphatic rings. The second-order valence-corrected chi connectivity index (χ2v) is 8.02. The van der Waals surface area contributed by atoms with Crippen LogP contribution in [0.5, 0.6) is 0 Å². The third kappa shape index (κ3) is 3.24. The molecular weight excluding hydrogens is 307 g/mol. The van der Waals surface area contributed by atoms with Gasteiger partial charge in [-0.1, -0.05) is 84.9 Å². The van der Waals surface area contributed by atoms with E-state index in [4.69, 9.17) is 11.6 Å². The van der Waals surface area contributed by atoms with Crippen molar-refractivity contribution >= 4 is 35.4 Å². The van der Waals surface area contributed by atoms with Crippen LogP contribution in [0.3, 0.4) is 0 Å².